The van der Waals surface area contributed by atoms with Crippen molar-refractivity contribution in [1.29, 1.82) is 0 Å². The molecule has 2 aromatic carbocycles. The molecule has 0 spiro atoms. The predicted octanol–water partition coefficient (Wildman–Crippen LogP) is 4.51. The van der Waals surface area contributed by atoms with Gasteiger partial charge in [-0.1, -0.05) is 38.1 Å². The van der Waals surface area contributed by atoms with E-state index in [1.165, 1.54) is 22.3 Å². The fourth-order valence-electron chi connectivity index (χ4n) is 2.78. The molecule has 3 nitrogen and oxygen atoms in total. The van der Waals surface area contributed by atoms with Gasteiger partial charge in [-0.2, -0.15) is 0 Å². The Bertz CT molecular complexity index is 737. The van der Waals surface area contributed by atoms with E-state index >= 15 is 0 Å². The minimum Gasteiger partial charge on any atom is -0.481 e. The highest BCUT2D eigenvalue weighted by atomic mass is 16.5. The lowest BCUT2D eigenvalue weighted by atomic mass is 10.0. The molecular formula is C22H29NO2. The number of nitrogens with one attached hydrogen (secondary N) is 1. The molecule has 1 atom stereocenters. The summed E-state index contributed by atoms with van der Waals surface area (Å²) in [5.41, 5.74) is 6.14. The van der Waals surface area contributed by atoms with Crippen molar-refractivity contribution in [1.82, 2.24) is 5.32 Å². The minimum atomic E-state index is -0.526. The average Bonchev–Trinajstić information content (AvgIpc) is 2.62. The third kappa shape index (κ3) is 5.09. The summed E-state index contributed by atoms with van der Waals surface area (Å²) in [7, 11) is 0. The van der Waals surface area contributed by atoms with Crippen molar-refractivity contribution >= 4 is 5.91 Å². The molecule has 2 rings (SSSR count). The molecule has 0 saturated carbocycles. The molecule has 2 aromatic rings. The van der Waals surface area contributed by atoms with Gasteiger partial charge in [0.15, 0.2) is 6.10 Å². The van der Waals surface area contributed by atoms with Gasteiger partial charge >= 0.3 is 0 Å². The second-order valence-corrected chi connectivity index (χ2v) is 6.53. The van der Waals surface area contributed by atoms with Gasteiger partial charge in [0.05, 0.1) is 0 Å². The molecule has 25 heavy (non-hydrogen) atoms. The lowest BCUT2D eigenvalue weighted by molar-refractivity contribution is -0.127. The van der Waals surface area contributed by atoms with Crippen LogP contribution in [0.15, 0.2) is 36.4 Å². The van der Waals surface area contributed by atoms with Crippen LogP contribution in [0.1, 0.15) is 48.6 Å². The number of aryl methyl sites for hydroxylation is 4. The maximum Gasteiger partial charge on any atom is 0.261 e. The molecule has 0 unspecified atom stereocenters. The van der Waals surface area contributed by atoms with Crippen molar-refractivity contribution in [2.45, 2.75) is 60.1 Å². The molecule has 0 aromatic heterocycles. The topological polar surface area (TPSA) is 38.3 Å². The molecule has 0 radical (unpaired) electrons. The highest BCUT2D eigenvalue weighted by molar-refractivity contribution is 5.80. The van der Waals surface area contributed by atoms with E-state index in [1.54, 1.807) is 6.92 Å². The van der Waals surface area contributed by atoms with Gasteiger partial charge in [-0.3, -0.25) is 4.79 Å². The average molecular weight is 339 g/mol. The highest BCUT2D eigenvalue weighted by Crippen LogP contribution is 2.18. The Hall–Kier alpha value is -2.29. The van der Waals surface area contributed by atoms with Gasteiger partial charge in [-0.25, -0.2) is 0 Å². The van der Waals surface area contributed by atoms with Crippen LogP contribution < -0.4 is 10.1 Å². The number of carbonyl (C=O) groups excluding carboxylic acids is 1. The number of hydrogen-bond acceptors (Lipinski definition) is 2. The SMILES string of the molecule is CCc1ccc(CC)c(CNC(=O)[C@H](C)Oc2ccc(C)c(C)c2)c1. The molecular weight excluding hydrogens is 310 g/mol. The van der Waals surface area contributed by atoms with Crippen LogP contribution in [0.25, 0.3) is 0 Å². The molecule has 0 aliphatic carbocycles. The van der Waals surface area contributed by atoms with Crippen molar-refractivity contribution in [3.05, 3.63) is 64.2 Å². The van der Waals surface area contributed by atoms with Crippen LogP contribution in [0.5, 0.6) is 5.75 Å². The van der Waals surface area contributed by atoms with E-state index in [-0.39, 0.29) is 5.91 Å². The summed E-state index contributed by atoms with van der Waals surface area (Å²) in [6.07, 6.45) is 1.43. The van der Waals surface area contributed by atoms with Crippen LogP contribution in [-0.2, 0) is 24.2 Å². The first-order valence-corrected chi connectivity index (χ1v) is 9.06. The number of rotatable bonds is 7. The molecule has 134 valence electrons. The van der Waals surface area contributed by atoms with Crippen LogP contribution >= 0.6 is 0 Å². The number of carbonyl (C=O) groups is 1. The number of amides is 1. The van der Waals surface area contributed by atoms with Gasteiger partial charge in [0.25, 0.3) is 5.91 Å². The van der Waals surface area contributed by atoms with Gasteiger partial charge in [0.2, 0.25) is 0 Å². The van der Waals surface area contributed by atoms with Gasteiger partial charge in [-0.15, -0.1) is 0 Å². The van der Waals surface area contributed by atoms with Crippen molar-refractivity contribution < 1.29 is 9.53 Å². The number of hydrogen-bond donors (Lipinski definition) is 1. The number of ether oxygens (including phenoxy) is 1. The second-order valence-electron chi connectivity index (χ2n) is 6.53. The van der Waals surface area contributed by atoms with Gasteiger partial charge < -0.3 is 10.1 Å². The van der Waals surface area contributed by atoms with E-state index < -0.39 is 6.10 Å². The van der Waals surface area contributed by atoms with E-state index in [0.29, 0.717) is 6.54 Å². The first-order valence-electron chi connectivity index (χ1n) is 9.06. The zero-order valence-corrected chi connectivity index (χ0v) is 16.0. The summed E-state index contributed by atoms with van der Waals surface area (Å²) in [5, 5.41) is 3.01. The van der Waals surface area contributed by atoms with Gasteiger partial charge in [0, 0.05) is 6.54 Å². The maximum atomic E-state index is 12.4. The molecule has 0 fully saturated rings. The molecule has 0 heterocycles. The third-order valence-corrected chi connectivity index (χ3v) is 4.67. The zero-order valence-electron chi connectivity index (χ0n) is 16.0. The number of benzene rings is 2. The predicted molar refractivity (Wildman–Crippen MR) is 103 cm³/mol. The zero-order chi connectivity index (χ0) is 18.4. The Kier molecular flexibility index (Phi) is 6.63. The third-order valence-electron chi connectivity index (χ3n) is 4.67. The summed E-state index contributed by atoms with van der Waals surface area (Å²) >= 11 is 0. The van der Waals surface area contributed by atoms with Gasteiger partial charge in [0.1, 0.15) is 5.75 Å². The van der Waals surface area contributed by atoms with Crippen molar-refractivity contribution in [2.24, 2.45) is 0 Å². The Balaban J connectivity index is 1.98. The summed E-state index contributed by atoms with van der Waals surface area (Å²) in [4.78, 5) is 12.4. The first-order chi connectivity index (χ1) is 11.9. The van der Waals surface area contributed by atoms with E-state index in [0.717, 1.165) is 24.2 Å². The molecule has 0 saturated heterocycles. The molecule has 0 bridgehead atoms. The first kappa shape index (κ1) is 19.0. The van der Waals surface area contributed by atoms with Crippen LogP contribution in [-0.4, -0.2) is 12.0 Å². The highest BCUT2D eigenvalue weighted by Gasteiger charge is 2.15. The van der Waals surface area contributed by atoms with Crippen LogP contribution in [0.2, 0.25) is 0 Å². The largest absolute Gasteiger partial charge is 0.481 e. The van der Waals surface area contributed by atoms with E-state index in [1.807, 2.05) is 25.1 Å². The molecule has 0 aliphatic rings. The fourth-order valence-corrected chi connectivity index (χ4v) is 2.78. The normalized spacial score (nSPS) is 11.9. The van der Waals surface area contributed by atoms with E-state index in [2.05, 4.69) is 44.3 Å². The fraction of sp³-hybridized carbons (Fsp3) is 0.409. The molecule has 3 heteroatoms. The summed E-state index contributed by atoms with van der Waals surface area (Å²) in [6.45, 7) is 10.7. The Morgan fingerprint density at radius 3 is 2.40 bits per heavy atom. The van der Waals surface area contributed by atoms with Gasteiger partial charge in [-0.05, 0) is 73.6 Å². The summed E-state index contributed by atoms with van der Waals surface area (Å²) < 4.78 is 5.79. The lowest BCUT2D eigenvalue weighted by Crippen LogP contribution is -2.36. The quantitative estimate of drug-likeness (QED) is 0.806. The Morgan fingerprint density at radius 1 is 1.00 bits per heavy atom. The molecule has 1 amide bonds. The Morgan fingerprint density at radius 2 is 1.76 bits per heavy atom. The van der Waals surface area contributed by atoms with E-state index in [9.17, 15) is 4.79 Å². The molecule has 0 aliphatic heterocycles. The van der Waals surface area contributed by atoms with Crippen molar-refractivity contribution in [3.8, 4) is 5.75 Å². The van der Waals surface area contributed by atoms with Crippen molar-refractivity contribution in [3.63, 3.8) is 0 Å². The standard InChI is InChI=1S/C22H29NO2/c1-6-18-9-10-19(7-2)20(13-18)14-23-22(24)17(5)25-21-11-8-15(3)16(4)12-21/h8-13,17H,6-7,14H2,1-5H3,(H,23,24)/t17-/m0/s1. The Labute approximate surface area is 151 Å². The van der Waals surface area contributed by atoms with Crippen LogP contribution in [0, 0.1) is 13.8 Å². The summed E-state index contributed by atoms with van der Waals surface area (Å²) in [5.74, 6) is 0.634. The summed E-state index contributed by atoms with van der Waals surface area (Å²) in [6, 6.07) is 12.4. The smallest absolute Gasteiger partial charge is 0.261 e. The van der Waals surface area contributed by atoms with Crippen LogP contribution in [0.3, 0.4) is 0 Å². The monoisotopic (exact) mass is 339 g/mol. The molecule has 1 N–H and O–H groups in total. The van der Waals surface area contributed by atoms with E-state index in [4.69, 9.17) is 4.74 Å². The maximum absolute atomic E-state index is 12.4. The minimum absolute atomic E-state index is 0.0952. The van der Waals surface area contributed by atoms with Crippen molar-refractivity contribution in [2.75, 3.05) is 0 Å². The second kappa shape index (κ2) is 8.70. The lowest BCUT2D eigenvalue weighted by Gasteiger charge is -2.17. The van der Waals surface area contributed by atoms with Crippen LogP contribution in [0.4, 0.5) is 0 Å².